The Kier molecular flexibility index (Phi) is 6.73. The molecule has 0 spiro atoms. The smallest absolute Gasteiger partial charge is 0.230 e. The number of nitrogens with one attached hydrogen (secondary N) is 1. The molecule has 0 radical (unpaired) electrons. The molecule has 3 rings (SSSR count). The molecule has 2 aromatic carbocycles. The SMILES string of the molecule is COc1ccc(-c2csc(NC(=O)Cc3cc(OC)c(OC)c(OC)c3)n2)cc1F. The lowest BCUT2D eigenvalue weighted by Gasteiger charge is -2.13. The van der Waals surface area contributed by atoms with Crippen LogP contribution < -0.4 is 24.3 Å². The second-order valence-corrected chi connectivity index (χ2v) is 7.00. The van der Waals surface area contributed by atoms with Crippen LogP contribution in [0.5, 0.6) is 23.0 Å². The summed E-state index contributed by atoms with van der Waals surface area (Å²) in [4.78, 5) is 16.8. The topological polar surface area (TPSA) is 78.9 Å². The monoisotopic (exact) mass is 432 g/mol. The van der Waals surface area contributed by atoms with Crippen molar-refractivity contribution in [1.29, 1.82) is 0 Å². The molecule has 0 bridgehead atoms. The molecule has 158 valence electrons. The summed E-state index contributed by atoms with van der Waals surface area (Å²) in [7, 11) is 5.95. The molecule has 0 saturated carbocycles. The van der Waals surface area contributed by atoms with Crippen LogP contribution in [0.15, 0.2) is 35.7 Å². The summed E-state index contributed by atoms with van der Waals surface area (Å²) in [5, 5.41) is 4.92. The van der Waals surface area contributed by atoms with Gasteiger partial charge in [0.2, 0.25) is 11.7 Å². The minimum Gasteiger partial charge on any atom is -0.494 e. The highest BCUT2D eigenvalue weighted by Crippen LogP contribution is 2.38. The predicted octanol–water partition coefficient (Wildman–Crippen LogP) is 4.16. The van der Waals surface area contributed by atoms with Crippen molar-refractivity contribution in [3.63, 3.8) is 0 Å². The van der Waals surface area contributed by atoms with Crippen molar-refractivity contribution < 1.29 is 28.1 Å². The molecule has 9 heteroatoms. The summed E-state index contributed by atoms with van der Waals surface area (Å²) < 4.78 is 34.8. The van der Waals surface area contributed by atoms with Crippen molar-refractivity contribution >= 4 is 22.4 Å². The number of carbonyl (C=O) groups excluding carboxylic acids is 1. The number of halogens is 1. The van der Waals surface area contributed by atoms with Crippen molar-refractivity contribution in [1.82, 2.24) is 4.98 Å². The lowest BCUT2D eigenvalue weighted by atomic mass is 10.1. The summed E-state index contributed by atoms with van der Waals surface area (Å²) in [5.41, 5.74) is 1.84. The lowest BCUT2D eigenvalue weighted by Crippen LogP contribution is -2.14. The van der Waals surface area contributed by atoms with Crippen molar-refractivity contribution in [3.05, 3.63) is 47.1 Å². The first-order chi connectivity index (χ1) is 14.5. The van der Waals surface area contributed by atoms with Crippen LogP contribution in [0.25, 0.3) is 11.3 Å². The van der Waals surface area contributed by atoms with E-state index in [1.54, 1.807) is 23.6 Å². The number of anilines is 1. The number of benzene rings is 2. The van der Waals surface area contributed by atoms with E-state index in [-0.39, 0.29) is 18.1 Å². The van der Waals surface area contributed by atoms with Gasteiger partial charge >= 0.3 is 0 Å². The fraction of sp³-hybridized carbons (Fsp3) is 0.238. The number of carbonyl (C=O) groups is 1. The van der Waals surface area contributed by atoms with Crippen LogP contribution >= 0.6 is 11.3 Å². The Morgan fingerprint density at radius 3 is 2.23 bits per heavy atom. The standard InChI is InChI=1S/C21H21FN2O5S/c1-26-16-6-5-13(10-14(16)22)15-11-30-21(23-15)24-19(25)9-12-7-17(27-2)20(29-4)18(8-12)28-3/h5-8,10-11H,9H2,1-4H3,(H,23,24,25). The lowest BCUT2D eigenvalue weighted by molar-refractivity contribution is -0.115. The van der Waals surface area contributed by atoms with Crippen LogP contribution in [0, 0.1) is 5.82 Å². The zero-order valence-electron chi connectivity index (χ0n) is 16.9. The van der Waals surface area contributed by atoms with Gasteiger partial charge in [0.1, 0.15) is 0 Å². The Morgan fingerprint density at radius 2 is 1.67 bits per heavy atom. The average molecular weight is 432 g/mol. The van der Waals surface area contributed by atoms with Gasteiger partial charge in [-0.15, -0.1) is 11.3 Å². The molecule has 0 aliphatic rings. The predicted molar refractivity (Wildman–Crippen MR) is 112 cm³/mol. The summed E-state index contributed by atoms with van der Waals surface area (Å²) in [6.45, 7) is 0. The van der Waals surface area contributed by atoms with Gasteiger partial charge in [-0.25, -0.2) is 9.37 Å². The number of hydrogen-bond acceptors (Lipinski definition) is 7. The Balaban J connectivity index is 1.72. The maximum absolute atomic E-state index is 13.9. The van der Waals surface area contributed by atoms with Crippen molar-refractivity contribution in [2.24, 2.45) is 0 Å². The maximum atomic E-state index is 13.9. The van der Waals surface area contributed by atoms with Crippen LogP contribution in [0.2, 0.25) is 0 Å². The van der Waals surface area contributed by atoms with E-state index < -0.39 is 5.82 Å². The quantitative estimate of drug-likeness (QED) is 0.576. The summed E-state index contributed by atoms with van der Waals surface area (Å²) >= 11 is 1.25. The van der Waals surface area contributed by atoms with Gasteiger partial charge in [-0.2, -0.15) is 0 Å². The molecule has 0 aliphatic carbocycles. The van der Waals surface area contributed by atoms with E-state index in [4.69, 9.17) is 18.9 Å². The molecule has 0 unspecified atom stereocenters. The highest BCUT2D eigenvalue weighted by molar-refractivity contribution is 7.14. The van der Waals surface area contributed by atoms with Gasteiger partial charge in [-0.1, -0.05) is 0 Å². The van der Waals surface area contributed by atoms with E-state index in [1.165, 1.54) is 51.9 Å². The Morgan fingerprint density at radius 1 is 1.00 bits per heavy atom. The third kappa shape index (κ3) is 4.62. The number of ether oxygens (including phenoxy) is 4. The first-order valence-electron chi connectivity index (χ1n) is 8.87. The minimum absolute atomic E-state index is 0.0861. The van der Waals surface area contributed by atoms with Gasteiger partial charge in [0, 0.05) is 10.9 Å². The molecule has 3 aromatic rings. The Hall–Kier alpha value is -3.33. The maximum Gasteiger partial charge on any atom is 0.230 e. The summed E-state index contributed by atoms with van der Waals surface area (Å²) in [6.07, 6.45) is 0.0861. The van der Waals surface area contributed by atoms with Crippen molar-refractivity contribution in [2.75, 3.05) is 33.8 Å². The number of rotatable bonds is 8. The molecule has 30 heavy (non-hydrogen) atoms. The Labute approximate surface area is 177 Å². The number of methoxy groups -OCH3 is 4. The van der Waals surface area contributed by atoms with Gasteiger partial charge in [0.15, 0.2) is 28.2 Å². The van der Waals surface area contributed by atoms with Gasteiger partial charge in [0.25, 0.3) is 0 Å². The van der Waals surface area contributed by atoms with E-state index in [2.05, 4.69) is 10.3 Å². The molecule has 0 atom stereocenters. The first kappa shape index (κ1) is 21.4. The highest BCUT2D eigenvalue weighted by Gasteiger charge is 2.16. The van der Waals surface area contributed by atoms with Gasteiger partial charge in [-0.3, -0.25) is 4.79 Å². The number of nitrogens with zero attached hydrogens (tertiary/aromatic N) is 1. The van der Waals surface area contributed by atoms with E-state index in [0.717, 1.165) is 0 Å². The van der Waals surface area contributed by atoms with E-state index in [0.29, 0.717) is 39.2 Å². The minimum atomic E-state index is -0.476. The molecule has 7 nitrogen and oxygen atoms in total. The Bertz CT molecular complexity index is 1030. The third-order valence-corrected chi connectivity index (χ3v) is 5.05. The summed E-state index contributed by atoms with van der Waals surface area (Å²) in [5.74, 6) is 0.825. The zero-order valence-corrected chi connectivity index (χ0v) is 17.8. The number of thiazole rings is 1. The molecule has 1 amide bonds. The zero-order chi connectivity index (χ0) is 21.7. The first-order valence-corrected chi connectivity index (χ1v) is 9.75. The largest absolute Gasteiger partial charge is 0.494 e. The molecule has 0 fully saturated rings. The van der Waals surface area contributed by atoms with Crippen LogP contribution in [0.3, 0.4) is 0 Å². The van der Waals surface area contributed by atoms with Crippen LogP contribution in [0.1, 0.15) is 5.56 Å². The normalized spacial score (nSPS) is 10.4. The molecule has 1 aromatic heterocycles. The van der Waals surface area contributed by atoms with Crippen LogP contribution in [-0.4, -0.2) is 39.3 Å². The molecule has 0 aliphatic heterocycles. The molecule has 1 N–H and O–H groups in total. The van der Waals surface area contributed by atoms with E-state index >= 15 is 0 Å². The molecular weight excluding hydrogens is 411 g/mol. The van der Waals surface area contributed by atoms with E-state index in [9.17, 15) is 9.18 Å². The fourth-order valence-electron chi connectivity index (χ4n) is 2.88. The second-order valence-electron chi connectivity index (χ2n) is 6.15. The highest BCUT2D eigenvalue weighted by atomic mass is 32.1. The van der Waals surface area contributed by atoms with Gasteiger partial charge in [-0.05, 0) is 35.9 Å². The van der Waals surface area contributed by atoms with Crippen molar-refractivity contribution in [2.45, 2.75) is 6.42 Å². The number of amides is 1. The summed E-state index contributed by atoms with van der Waals surface area (Å²) in [6, 6.07) is 8.02. The van der Waals surface area contributed by atoms with Crippen LogP contribution in [0.4, 0.5) is 9.52 Å². The molecular formula is C21H21FN2O5S. The number of aromatic nitrogens is 1. The average Bonchev–Trinajstić information content (AvgIpc) is 3.21. The third-order valence-electron chi connectivity index (χ3n) is 4.29. The van der Waals surface area contributed by atoms with Gasteiger partial charge in [0.05, 0.1) is 40.6 Å². The van der Waals surface area contributed by atoms with Gasteiger partial charge < -0.3 is 24.3 Å². The van der Waals surface area contributed by atoms with Crippen molar-refractivity contribution in [3.8, 4) is 34.3 Å². The molecule has 1 heterocycles. The number of hydrogen-bond donors (Lipinski definition) is 1. The second kappa shape index (κ2) is 9.45. The van der Waals surface area contributed by atoms with E-state index in [1.807, 2.05) is 0 Å². The molecule has 0 saturated heterocycles. The fourth-order valence-corrected chi connectivity index (χ4v) is 3.61. The van der Waals surface area contributed by atoms with Crippen LogP contribution in [-0.2, 0) is 11.2 Å².